The monoisotopic (exact) mass is 275 g/mol. The highest BCUT2D eigenvalue weighted by atomic mass is 15.3. The van der Waals surface area contributed by atoms with Crippen molar-refractivity contribution in [3.8, 4) is 11.8 Å². The third kappa shape index (κ3) is 2.90. The Labute approximate surface area is 122 Å². The van der Waals surface area contributed by atoms with Crippen molar-refractivity contribution in [1.82, 2.24) is 14.8 Å². The third-order valence-electron chi connectivity index (χ3n) is 3.12. The summed E-state index contributed by atoms with van der Waals surface area (Å²) in [4.78, 5) is 0. The van der Waals surface area contributed by atoms with Gasteiger partial charge in [0.15, 0.2) is 5.82 Å². The molecule has 0 aliphatic carbocycles. The van der Waals surface area contributed by atoms with Gasteiger partial charge in [-0.15, -0.1) is 10.2 Å². The Balaban J connectivity index is 1.74. The largest absolute Gasteiger partial charge is 0.378 e. The van der Waals surface area contributed by atoms with Crippen LogP contribution in [0.5, 0.6) is 0 Å². The maximum absolute atomic E-state index is 8.78. The number of para-hydroxylation sites is 1. The van der Waals surface area contributed by atoms with Crippen molar-refractivity contribution in [2.45, 2.75) is 6.54 Å². The molecule has 21 heavy (non-hydrogen) atoms. The molecule has 0 aliphatic rings. The molecule has 1 aromatic heterocycles. The van der Waals surface area contributed by atoms with Gasteiger partial charge >= 0.3 is 0 Å². The number of nitriles is 1. The van der Waals surface area contributed by atoms with Crippen LogP contribution in [0.3, 0.4) is 0 Å². The van der Waals surface area contributed by atoms with Crippen molar-refractivity contribution in [3.63, 3.8) is 0 Å². The molecule has 3 rings (SSSR count). The normalized spacial score (nSPS) is 10.0. The van der Waals surface area contributed by atoms with E-state index in [1.165, 1.54) is 0 Å². The maximum Gasteiger partial charge on any atom is 0.156 e. The Morgan fingerprint density at radius 1 is 1.05 bits per heavy atom. The number of hydrogen-bond donors (Lipinski definition) is 1. The van der Waals surface area contributed by atoms with E-state index in [0.29, 0.717) is 12.1 Å². The number of nitrogens with one attached hydrogen (secondary N) is 1. The van der Waals surface area contributed by atoms with Crippen molar-refractivity contribution in [3.05, 3.63) is 72.3 Å². The van der Waals surface area contributed by atoms with Gasteiger partial charge in [-0.2, -0.15) is 5.26 Å². The van der Waals surface area contributed by atoms with E-state index in [-0.39, 0.29) is 0 Å². The average molecular weight is 275 g/mol. The smallest absolute Gasteiger partial charge is 0.156 e. The van der Waals surface area contributed by atoms with E-state index in [1.807, 2.05) is 47.0 Å². The summed E-state index contributed by atoms with van der Waals surface area (Å²) in [5.41, 5.74) is 2.61. The lowest BCUT2D eigenvalue weighted by Crippen LogP contribution is -2.07. The van der Waals surface area contributed by atoms with Gasteiger partial charge in [0.2, 0.25) is 0 Å². The van der Waals surface area contributed by atoms with Crippen LogP contribution < -0.4 is 5.32 Å². The predicted molar refractivity (Wildman–Crippen MR) is 79.8 cm³/mol. The summed E-state index contributed by atoms with van der Waals surface area (Å²) in [6.45, 7) is 0.556. The Bertz CT molecular complexity index is 753. The van der Waals surface area contributed by atoms with Gasteiger partial charge in [-0.3, -0.25) is 4.57 Å². The second kappa shape index (κ2) is 5.88. The van der Waals surface area contributed by atoms with E-state index in [0.717, 1.165) is 17.2 Å². The van der Waals surface area contributed by atoms with Crippen molar-refractivity contribution in [1.29, 1.82) is 5.26 Å². The first-order chi connectivity index (χ1) is 10.4. The van der Waals surface area contributed by atoms with Crippen LogP contribution >= 0.6 is 0 Å². The van der Waals surface area contributed by atoms with E-state index in [9.17, 15) is 0 Å². The molecule has 0 saturated heterocycles. The molecule has 0 fully saturated rings. The van der Waals surface area contributed by atoms with Gasteiger partial charge in [-0.05, 0) is 36.4 Å². The first-order valence-corrected chi connectivity index (χ1v) is 6.55. The lowest BCUT2D eigenvalue weighted by molar-refractivity contribution is 0.891. The molecular weight excluding hydrogens is 262 g/mol. The summed E-state index contributed by atoms with van der Waals surface area (Å²) in [6, 6.07) is 19.4. The predicted octanol–water partition coefficient (Wildman–Crippen LogP) is 2.75. The minimum absolute atomic E-state index is 0.556. The van der Waals surface area contributed by atoms with Crippen molar-refractivity contribution >= 4 is 5.69 Å². The van der Waals surface area contributed by atoms with Gasteiger partial charge < -0.3 is 5.32 Å². The molecular formula is C16H13N5. The fourth-order valence-electron chi connectivity index (χ4n) is 2.03. The molecule has 5 heteroatoms. The number of benzene rings is 2. The van der Waals surface area contributed by atoms with Crippen LogP contribution in [-0.2, 0) is 6.54 Å². The zero-order valence-electron chi connectivity index (χ0n) is 11.3. The van der Waals surface area contributed by atoms with Crippen LogP contribution in [0, 0.1) is 11.3 Å². The van der Waals surface area contributed by atoms with Crippen LogP contribution in [0.2, 0.25) is 0 Å². The highest BCUT2D eigenvalue weighted by Gasteiger charge is 2.05. The molecule has 3 aromatic rings. The molecule has 0 unspecified atom stereocenters. The van der Waals surface area contributed by atoms with Gasteiger partial charge in [-0.1, -0.05) is 18.2 Å². The minimum Gasteiger partial charge on any atom is -0.378 e. The molecule has 1 N–H and O–H groups in total. The van der Waals surface area contributed by atoms with Crippen molar-refractivity contribution in [2.75, 3.05) is 5.32 Å². The Hall–Kier alpha value is -3.13. The maximum atomic E-state index is 8.78. The zero-order valence-corrected chi connectivity index (χ0v) is 11.3. The molecule has 2 aromatic carbocycles. The number of anilines is 1. The quantitative estimate of drug-likeness (QED) is 0.795. The fourth-order valence-corrected chi connectivity index (χ4v) is 2.03. The highest BCUT2D eigenvalue weighted by molar-refractivity contribution is 5.47. The van der Waals surface area contributed by atoms with Gasteiger partial charge in [0.25, 0.3) is 0 Å². The number of aromatic nitrogens is 3. The Kier molecular flexibility index (Phi) is 3.61. The van der Waals surface area contributed by atoms with Gasteiger partial charge in [-0.25, -0.2) is 0 Å². The van der Waals surface area contributed by atoms with E-state index in [2.05, 4.69) is 21.6 Å². The zero-order chi connectivity index (χ0) is 14.5. The van der Waals surface area contributed by atoms with Crippen molar-refractivity contribution < 1.29 is 0 Å². The van der Waals surface area contributed by atoms with Crippen LogP contribution in [0.1, 0.15) is 11.4 Å². The molecule has 0 bridgehead atoms. The lowest BCUT2D eigenvalue weighted by atomic mass is 10.2. The molecule has 0 aliphatic heterocycles. The Morgan fingerprint density at radius 3 is 2.52 bits per heavy atom. The molecule has 5 nitrogen and oxygen atoms in total. The molecule has 0 spiro atoms. The third-order valence-corrected chi connectivity index (χ3v) is 3.12. The molecule has 0 radical (unpaired) electrons. The average Bonchev–Trinajstić information content (AvgIpc) is 3.03. The second-order valence-electron chi connectivity index (χ2n) is 4.50. The summed E-state index contributed by atoms with van der Waals surface area (Å²) in [6.07, 6.45) is 1.70. The molecule has 0 saturated carbocycles. The molecule has 1 heterocycles. The van der Waals surface area contributed by atoms with Crippen LogP contribution in [0.25, 0.3) is 5.69 Å². The van der Waals surface area contributed by atoms with E-state index < -0.39 is 0 Å². The molecule has 0 amide bonds. The van der Waals surface area contributed by atoms with E-state index in [4.69, 9.17) is 5.26 Å². The minimum atomic E-state index is 0.556. The number of rotatable bonds is 4. The van der Waals surface area contributed by atoms with E-state index in [1.54, 1.807) is 18.5 Å². The molecule has 102 valence electrons. The Morgan fingerprint density at radius 2 is 1.81 bits per heavy atom. The standard InChI is InChI=1S/C16H13N5/c17-10-13-6-8-14(9-7-13)18-11-16-20-19-12-21(16)15-4-2-1-3-5-15/h1-9,12,18H,11H2. The van der Waals surface area contributed by atoms with E-state index >= 15 is 0 Å². The summed E-state index contributed by atoms with van der Waals surface area (Å²) in [5.74, 6) is 0.825. The van der Waals surface area contributed by atoms with Gasteiger partial charge in [0.05, 0.1) is 18.2 Å². The van der Waals surface area contributed by atoms with Crippen LogP contribution in [-0.4, -0.2) is 14.8 Å². The SMILES string of the molecule is N#Cc1ccc(NCc2nncn2-c2ccccc2)cc1. The summed E-state index contributed by atoms with van der Waals surface area (Å²) in [7, 11) is 0. The fraction of sp³-hybridized carbons (Fsp3) is 0.0625. The van der Waals surface area contributed by atoms with Gasteiger partial charge in [0.1, 0.15) is 6.33 Å². The van der Waals surface area contributed by atoms with Crippen LogP contribution in [0.4, 0.5) is 5.69 Å². The summed E-state index contributed by atoms with van der Waals surface area (Å²) in [5, 5.41) is 20.2. The summed E-state index contributed by atoms with van der Waals surface area (Å²) >= 11 is 0. The first-order valence-electron chi connectivity index (χ1n) is 6.55. The topological polar surface area (TPSA) is 66.5 Å². The number of hydrogen-bond acceptors (Lipinski definition) is 4. The van der Waals surface area contributed by atoms with Gasteiger partial charge in [0, 0.05) is 11.4 Å². The van der Waals surface area contributed by atoms with Crippen LogP contribution in [0.15, 0.2) is 60.9 Å². The summed E-state index contributed by atoms with van der Waals surface area (Å²) < 4.78 is 1.94. The van der Waals surface area contributed by atoms with Crippen molar-refractivity contribution in [2.24, 2.45) is 0 Å². The first kappa shape index (κ1) is 12.9. The lowest BCUT2D eigenvalue weighted by Gasteiger charge is -2.08. The highest BCUT2D eigenvalue weighted by Crippen LogP contribution is 2.12. The molecule has 0 atom stereocenters. The second-order valence-corrected chi connectivity index (χ2v) is 4.50. The number of nitrogens with zero attached hydrogens (tertiary/aromatic N) is 4.